The average molecular weight is 505 g/mol. The number of aryl methyl sites for hydroxylation is 1. The molecular formula is C32H56S2. The van der Waals surface area contributed by atoms with Gasteiger partial charge < -0.3 is 0 Å². The van der Waals surface area contributed by atoms with E-state index in [-0.39, 0.29) is 0 Å². The van der Waals surface area contributed by atoms with E-state index < -0.39 is 0 Å². The van der Waals surface area contributed by atoms with Crippen LogP contribution >= 0.6 is 23.1 Å². The van der Waals surface area contributed by atoms with E-state index in [1.807, 2.05) is 0 Å². The third-order valence-corrected chi connectivity index (χ3v) is 10.1. The summed E-state index contributed by atoms with van der Waals surface area (Å²) in [5.74, 6) is 0. The molecule has 2 rings (SSSR count). The van der Waals surface area contributed by atoms with Gasteiger partial charge in [-0.3, -0.25) is 0 Å². The number of thioether (sulfide) groups is 1. The molecule has 2 heteroatoms. The lowest BCUT2D eigenvalue weighted by Crippen LogP contribution is -1.97. The van der Waals surface area contributed by atoms with Crippen LogP contribution in [0.4, 0.5) is 0 Å². The van der Waals surface area contributed by atoms with Crippen molar-refractivity contribution in [2.24, 2.45) is 0 Å². The molecule has 1 unspecified atom stereocenters. The lowest BCUT2D eigenvalue weighted by Gasteiger charge is -2.12. The number of hydrogen-bond acceptors (Lipinski definition) is 2. The van der Waals surface area contributed by atoms with Crippen molar-refractivity contribution >= 4 is 28.0 Å². The molecule has 1 aromatic rings. The number of allylic oxidation sites excluding steroid dienone is 1. The molecule has 34 heavy (non-hydrogen) atoms. The second-order valence-electron chi connectivity index (χ2n) is 10.7. The van der Waals surface area contributed by atoms with Crippen molar-refractivity contribution in [1.82, 2.24) is 0 Å². The summed E-state index contributed by atoms with van der Waals surface area (Å²) in [6.07, 6.45) is 33.3. The number of unbranched alkanes of at least 4 members (excludes halogenated alkanes) is 15. The van der Waals surface area contributed by atoms with E-state index in [1.165, 1.54) is 141 Å². The van der Waals surface area contributed by atoms with E-state index in [2.05, 4.69) is 55.3 Å². The fourth-order valence-corrected chi connectivity index (χ4v) is 7.92. The third kappa shape index (κ3) is 12.2. The smallest absolute Gasteiger partial charge is 0.0437 e. The Hall–Kier alpha value is -0.210. The van der Waals surface area contributed by atoms with Crippen LogP contribution in [0.1, 0.15) is 165 Å². The van der Waals surface area contributed by atoms with Gasteiger partial charge in [0.25, 0.3) is 0 Å². The van der Waals surface area contributed by atoms with Crippen LogP contribution in [0.25, 0.3) is 4.91 Å². The summed E-state index contributed by atoms with van der Waals surface area (Å²) in [6, 6.07) is 0. The largest absolute Gasteiger partial charge is 0.143 e. The minimum absolute atomic E-state index is 0.840. The fraction of sp³-hybridized carbons (Fsp3) is 0.812. The van der Waals surface area contributed by atoms with Crippen LogP contribution in [0.15, 0.2) is 11.5 Å². The quantitative estimate of drug-likeness (QED) is 0.141. The maximum Gasteiger partial charge on any atom is 0.0437 e. The highest BCUT2D eigenvalue weighted by atomic mass is 32.2. The van der Waals surface area contributed by atoms with E-state index in [0.717, 1.165) is 5.25 Å². The van der Waals surface area contributed by atoms with Crippen molar-refractivity contribution in [3.05, 3.63) is 27.5 Å². The molecule has 1 aromatic heterocycles. The van der Waals surface area contributed by atoms with Crippen LogP contribution in [-0.2, 0) is 12.8 Å². The Bertz CT molecular complexity index is 641. The Morgan fingerprint density at radius 2 is 1.18 bits per heavy atom. The zero-order valence-corrected chi connectivity index (χ0v) is 24.7. The maximum atomic E-state index is 2.59. The van der Waals surface area contributed by atoms with Crippen LogP contribution in [0.3, 0.4) is 0 Å². The summed E-state index contributed by atoms with van der Waals surface area (Å²) in [5, 5.41) is 3.38. The minimum atomic E-state index is 0.840. The van der Waals surface area contributed by atoms with Crippen molar-refractivity contribution < 1.29 is 0 Å². The summed E-state index contributed by atoms with van der Waals surface area (Å²) in [4.78, 5) is 3.29. The van der Waals surface area contributed by atoms with Gasteiger partial charge in [-0.2, -0.15) is 0 Å². The summed E-state index contributed by atoms with van der Waals surface area (Å²) < 4.78 is 0. The van der Waals surface area contributed by atoms with Gasteiger partial charge in [-0.25, -0.2) is 0 Å². The molecule has 0 spiro atoms. The Morgan fingerprint density at radius 3 is 1.79 bits per heavy atom. The van der Waals surface area contributed by atoms with Gasteiger partial charge in [0.05, 0.1) is 0 Å². The van der Waals surface area contributed by atoms with Gasteiger partial charge in [0.2, 0.25) is 0 Å². The first-order valence-corrected chi connectivity index (χ1v) is 17.0. The van der Waals surface area contributed by atoms with Gasteiger partial charge in [0, 0.05) is 15.0 Å². The molecular weight excluding hydrogens is 448 g/mol. The molecule has 1 aliphatic heterocycles. The maximum absolute atomic E-state index is 2.59. The predicted molar refractivity (Wildman–Crippen MR) is 160 cm³/mol. The minimum Gasteiger partial charge on any atom is -0.143 e. The highest BCUT2D eigenvalue weighted by Crippen LogP contribution is 2.45. The zero-order chi connectivity index (χ0) is 24.3. The lowest BCUT2D eigenvalue weighted by molar-refractivity contribution is 0.583. The number of rotatable bonds is 22. The van der Waals surface area contributed by atoms with Crippen molar-refractivity contribution in [3.63, 3.8) is 0 Å². The zero-order valence-electron chi connectivity index (χ0n) is 23.1. The molecule has 0 aromatic carbocycles. The molecule has 1 aliphatic rings. The summed E-state index contributed by atoms with van der Waals surface area (Å²) in [7, 11) is 0. The number of thiophene rings is 1. The van der Waals surface area contributed by atoms with Gasteiger partial charge in [0.15, 0.2) is 0 Å². The first kappa shape index (κ1) is 30.0. The Labute approximate surface area is 222 Å². The van der Waals surface area contributed by atoms with Crippen LogP contribution in [0.2, 0.25) is 0 Å². The average Bonchev–Trinajstić information content (AvgIpc) is 3.47. The Balaban J connectivity index is 1.85. The highest BCUT2D eigenvalue weighted by molar-refractivity contribution is 8.09. The molecule has 196 valence electrons. The van der Waals surface area contributed by atoms with E-state index in [4.69, 9.17) is 0 Å². The summed E-state index contributed by atoms with van der Waals surface area (Å²) in [6.45, 7) is 6.95. The van der Waals surface area contributed by atoms with Gasteiger partial charge in [-0.1, -0.05) is 130 Å². The summed E-state index contributed by atoms with van der Waals surface area (Å²) in [5.41, 5.74) is 3.44. The fourth-order valence-electron chi connectivity index (χ4n) is 5.28. The van der Waals surface area contributed by atoms with E-state index in [0.29, 0.717) is 0 Å². The monoisotopic (exact) mass is 504 g/mol. The topological polar surface area (TPSA) is 0 Å². The molecule has 0 radical (unpaired) electrons. The van der Waals surface area contributed by atoms with Gasteiger partial charge >= 0.3 is 0 Å². The second kappa shape index (κ2) is 19.9. The first-order chi connectivity index (χ1) is 16.8. The predicted octanol–water partition coefficient (Wildman–Crippen LogP) is 12.2. The van der Waals surface area contributed by atoms with E-state index in [9.17, 15) is 0 Å². The summed E-state index contributed by atoms with van der Waals surface area (Å²) >= 11 is 4.29. The number of hydrogen-bond donors (Lipinski definition) is 0. The second-order valence-corrected chi connectivity index (χ2v) is 12.9. The molecule has 2 heterocycles. The molecule has 0 saturated carbocycles. The van der Waals surface area contributed by atoms with Crippen molar-refractivity contribution in [2.45, 2.75) is 167 Å². The Kier molecular flexibility index (Phi) is 17.6. The van der Waals surface area contributed by atoms with Crippen molar-refractivity contribution in [2.75, 3.05) is 0 Å². The molecule has 1 atom stereocenters. The van der Waals surface area contributed by atoms with Gasteiger partial charge in [-0.15, -0.1) is 23.1 Å². The highest BCUT2D eigenvalue weighted by Gasteiger charge is 2.23. The standard InChI is InChI=1S/C32H56S2/c1-4-7-10-13-16-19-22-28-27-33-32(30(28)24-21-18-15-12-9-6-3)31-26-25-29(34-31)23-20-17-14-11-8-5-2/h26-27,29H,4-25H2,1-3H3. The van der Waals surface area contributed by atoms with Gasteiger partial charge in [0.1, 0.15) is 0 Å². The molecule has 0 N–H and O–H groups in total. The van der Waals surface area contributed by atoms with Crippen LogP contribution in [-0.4, -0.2) is 5.25 Å². The van der Waals surface area contributed by atoms with Crippen LogP contribution < -0.4 is 0 Å². The Morgan fingerprint density at radius 1 is 0.647 bits per heavy atom. The molecule has 0 amide bonds. The van der Waals surface area contributed by atoms with Crippen LogP contribution in [0, 0.1) is 0 Å². The SMILES string of the molecule is CCCCCCCCc1csc(C2=CCC(CCCCCCCC)S2)c1CCCCCCCC. The molecule has 0 fully saturated rings. The lowest BCUT2D eigenvalue weighted by atomic mass is 9.98. The van der Waals surface area contributed by atoms with Gasteiger partial charge in [-0.05, 0) is 55.0 Å². The third-order valence-electron chi connectivity index (χ3n) is 7.52. The van der Waals surface area contributed by atoms with E-state index >= 15 is 0 Å². The molecule has 0 saturated heterocycles. The molecule has 0 aliphatic carbocycles. The normalized spacial score (nSPS) is 15.9. The van der Waals surface area contributed by atoms with Crippen LogP contribution in [0.5, 0.6) is 0 Å². The van der Waals surface area contributed by atoms with Crippen molar-refractivity contribution in [3.8, 4) is 0 Å². The molecule has 0 bridgehead atoms. The van der Waals surface area contributed by atoms with Crippen molar-refractivity contribution in [1.29, 1.82) is 0 Å². The first-order valence-electron chi connectivity index (χ1n) is 15.3. The molecule has 0 nitrogen and oxygen atoms in total. The van der Waals surface area contributed by atoms with E-state index in [1.54, 1.807) is 20.9 Å².